The van der Waals surface area contributed by atoms with Crippen LogP contribution in [-0.2, 0) is 11.3 Å². The van der Waals surface area contributed by atoms with E-state index in [9.17, 15) is 0 Å². The lowest BCUT2D eigenvalue weighted by atomic mass is 9.89. The quantitative estimate of drug-likeness (QED) is 0.774. The summed E-state index contributed by atoms with van der Waals surface area (Å²) in [6.07, 6.45) is 9.62. The van der Waals surface area contributed by atoms with E-state index in [0.717, 1.165) is 48.2 Å². The van der Waals surface area contributed by atoms with Crippen molar-refractivity contribution in [3.05, 3.63) is 30.5 Å². The lowest BCUT2D eigenvalue weighted by molar-refractivity contribution is 0.141. The molecule has 0 unspecified atom stereocenters. The molecule has 0 bridgehead atoms. The van der Waals surface area contributed by atoms with Gasteiger partial charge in [-0.2, -0.15) is 5.10 Å². The predicted octanol–water partition coefficient (Wildman–Crippen LogP) is 4.31. The standard InChI is InChI=1S/C21H28N2O3/c1-24-17-7-8-19(21(13-17)26-18-10-12-25-15-18)20-9-11-22-23(20)14-16-5-3-2-4-6-16/h7-9,11,13,16,18H,2-6,10,12,14-15H2,1H3/t18-/m1/s1. The Bertz CT molecular complexity index is 716. The predicted molar refractivity (Wildman–Crippen MR) is 101 cm³/mol. The van der Waals surface area contributed by atoms with Gasteiger partial charge in [0.1, 0.15) is 17.6 Å². The van der Waals surface area contributed by atoms with E-state index < -0.39 is 0 Å². The largest absolute Gasteiger partial charge is 0.497 e. The zero-order valence-electron chi connectivity index (χ0n) is 15.5. The van der Waals surface area contributed by atoms with Gasteiger partial charge in [0.2, 0.25) is 0 Å². The maximum atomic E-state index is 6.27. The van der Waals surface area contributed by atoms with Crippen molar-refractivity contribution in [3.63, 3.8) is 0 Å². The summed E-state index contributed by atoms with van der Waals surface area (Å²) in [7, 11) is 1.69. The number of methoxy groups -OCH3 is 1. The first kappa shape index (κ1) is 17.4. The molecule has 2 aliphatic rings. The van der Waals surface area contributed by atoms with E-state index in [0.29, 0.717) is 6.61 Å². The molecule has 2 fully saturated rings. The molecule has 1 saturated heterocycles. The number of ether oxygens (including phenoxy) is 3. The van der Waals surface area contributed by atoms with Crippen LogP contribution in [0.25, 0.3) is 11.3 Å². The fraction of sp³-hybridized carbons (Fsp3) is 0.571. The molecule has 1 aromatic carbocycles. The van der Waals surface area contributed by atoms with Gasteiger partial charge in [0.05, 0.1) is 26.0 Å². The Kier molecular flexibility index (Phi) is 5.44. The summed E-state index contributed by atoms with van der Waals surface area (Å²) in [5.41, 5.74) is 2.19. The van der Waals surface area contributed by atoms with Crippen molar-refractivity contribution in [3.8, 4) is 22.8 Å². The number of nitrogens with zero attached hydrogens (tertiary/aromatic N) is 2. The Labute approximate surface area is 155 Å². The van der Waals surface area contributed by atoms with E-state index in [4.69, 9.17) is 14.2 Å². The van der Waals surface area contributed by atoms with E-state index >= 15 is 0 Å². The molecule has 5 heteroatoms. The van der Waals surface area contributed by atoms with Crippen molar-refractivity contribution < 1.29 is 14.2 Å². The highest BCUT2D eigenvalue weighted by Crippen LogP contribution is 2.35. The Balaban J connectivity index is 1.61. The van der Waals surface area contributed by atoms with Crippen LogP contribution in [0.4, 0.5) is 0 Å². The highest BCUT2D eigenvalue weighted by atomic mass is 16.5. The molecule has 2 aromatic rings. The van der Waals surface area contributed by atoms with Gasteiger partial charge in [-0.25, -0.2) is 0 Å². The molecule has 140 valence electrons. The van der Waals surface area contributed by atoms with Gasteiger partial charge in [-0.3, -0.25) is 4.68 Å². The van der Waals surface area contributed by atoms with Crippen molar-refractivity contribution >= 4 is 0 Å². The second-order valence-electron chi connectivity index (χ2n) is 7.37. The number of hydrogen-bond acceptors (Lipinski definition) is 4. The second-order valence-corrected chi connectivity index (χ2v) is 7.37. The summed E-state index contributed by atoms with van der Waals surface area (Å²) in [6.45, 7) is 2.40. The number of hydrogen-bond donors (Lipinski definition) is 0. The average molecular weight is 356 g/mol. The third-order valence-electron chi connectivity index (χ3n) is 5.52. The van der Waals surface area contributed by atoms with E-state index in [2.05, 4.69) is 21.9 Å². The van der Waals surface area contributed by atoms with Crippen LogP contribution in [0.3, 0.4) is 0 Å². The summed E-state index contributed by atoms with van der Waals surface area (Å²) >= 11 is 0. The smallest absolute Gasteiger partial charge is 0.132 e. The summed E-state index contributed by atoms with van der Waals surface area (Å²) in [4.78, 5) is 0. The number of aromatic nitrogens is 2. The third-order valence-corrected chi connectivity index (χ3v) is 5.52. The average Bonchev–Trinajstić information content (AvgIpc) is 3.35. The molecule has 5 nitrogen and oxygen atoms in total. The van der Waals surface area contributed by atoms with Crippen LogP contribution in [0.2, 0.25) is 0 Å². The zero-order chi connectivity index (χ0) is 17.8. The molecule has 1 aliphatic carbocycles. The molecular weight excluding hydrogens is 328 g/mol. The van der Waals surface area contributed by atoms with Gasteiger partial charge in [-0.15, -0.1) is 0 Å². The highest BCUT2D eigenvalue weighted by molar-refractivity contribution is 5.68. The monoisotopic (exact) mass is 356 g/mol. The van der Waals surface area contributed by atoms with E-state index in [1.54, 1.807) is 7.11 Å². The van der Waals surface area contributed by atoms with Crippen LogP contribution in [0.1, 0.15) is 38.5 Å². The van der Waals surface area contributed by atoms with Gasteiger partial charge >= 0.3 is 0 Å². The first-order chi connectivity index (χ1) is 12.8. The summed E-state index contributed by atoms with van der Waals surface area (Å²) in [6, 6.07) is 8.14. The number of benzene rings is 1. The normalized spacial score (nSPS) is 21.0. The van der Waals surface area contributed by atoms with E-state index in [1.165, 1.54) is 32.1 Å². The second kappa shape index (κ2) is 8.12. The Morgan fingerprint density at radius 3 is 2.81 bits per heavy atom. The van der Waals surface area contributed by atoms with E-state index in [1.807, 2.05) is 18.3 Å². The molecule has 2 heterocycles. The van der Waals surface area contributed by atoms with Crippen molar-refractivity contribution in [2.45, 2.75) is 51.2 Å². The van der Waals surface area contributed by atoms with Gasteiger partial charge in [0.15, 0.2) is 0 Å². The maximum Gasteiger partial charge on any atom is 0.132 e. The van der Waals surface area contributed by atoms with Crippen molar-refractivity contribution in [2.24, 2.45) is 5.92 Å². The molecule has 0 radical (unpaired) electrons. The molecule has 1 atom stereocenters. The molecule has 1 aromatic heterocycles. The van der Waals surface area contributed by atoms with Crippen molar-refractivity contribution in [2.75, 3.05) is 20.3 Å². The molecule has 1 aliphatic heterocycles. The van der Waals surface area contributed by atoms with Crippen LogP contribution >= 0.6 is 0 Å². The fourth-order valence-corrected chi connectivity index (χ4v) is 4.05. The Hall–Kier alpha value is -2.01. The van der Waals surface area contributed by atoms with Gasteiger partial charge in [-0.1, -0.05) is 19.3 Å². The molecule has 0 spiro atoms. The maximum absolute atomic E-state index is 6.27. The Morgan fingerprint density at radius 1 is 1.15 bits per heavy atom. The van der Waals surface area contributed by atoms with Gasteiger partial charge in [0, 0.05) is 30.8 Å². The number of rotatable bonds is 6. The SMILES string of the molecule is COc1ccc(-c2ccnn2CC2CCCCC2)c(O[C@@H]2CCOC2)c1. The molecule has 26 heavy (non-hydrogen) atoms. The lowest BCUT2D eigenvalue weighted by Crippen LogP contribution is -2.17. The first-order valence-corrected chi connectivity index (χ1v) is 9.78. The molecule has 1 saturated carbocycles. The molecule has 4 rings (SSSR count). The zero-order valence-corrected chi connectivity index (χ0v) is 15.5. The topological polar surface area (TPSA) is 45.5 Å². The third kappa shape index (κ3) is 3.88. The van der Waals surface area contributed by atoms with Crippen molar-refractivity contribution in [1.29, 1.82) is 0 Å². The molecular formula is C21H28N2O3. The summed E-state index contributed by atoms with van der Waals surface area (Å²) < 4.78 is 19.3. The van der Waals surface area contributed by atoms with Gasteiger partial charge in [-0.05, 0) is 37.0 Å². The van der Waals surface area contributed by atoms with Crippen molar-refractivity contribution in [1.82, 2.24) is 9.78 Å². The highest BCUT2D eigenvalue weighted by Gasteiger charge is 2.22. The van der Waals surface area contributed by atoms with Crippen LogP contribution < -0.4 is 9.47 Å². The van der Waals surface area contributed by atoms with Gasteiger partial charge < -0.3 is 14.2 Å². The minimum absolute atomic E-state index is 0.107. The Morgan fingerprint density at radius 2 is 2.04 bits per heavy atom. The van der Waals surface area contributed by atoms with Crippen LogP contribution in [0.15, 0.2) is 30.5 Å². The molecule has 0 N–H and O–H groups in total. The van der Waals surface area contributed by atoms with E-state index in [-0.39, 0.29) is 6.10 Å². The molecule has 0 amide bonds. The summed E-state index contributed by atoms with van der Waals surface area (Å²) in [5, 5.41) is 4.61. The first-order valence-electron chi connectivity index (χ1n) is 9.78. The van der Waals surface area contributed by atoms with Crippen LogP contribution in [0, 0.1) is 5.92 Å². The fourth-order valence-electron chi connectivity index (χ4n) is 4.05. The van der Waals surface area contributed by atoms with Gasteiger partial charge in [0.25, 0.3) is 0 Å². The van der Waals surface area contributed by atoms with Crippen LogP contribution in [0.5, 0.6) is 11.5 Å². The minimum atomic E-state index is 0.107. The lowest BCUT2D eigenvalue weighted by Gasteiger charge is -2.23. The van der Waals surface area contributed by atoms with Crippen LogP contribution in [-0.4, -0.2) is 36.2 Å². The summed E-state index contributed by atoms with van der Waals surface area (Å²) in [5.74, 6) is 2.39. The minimum Gasteiger partial charge on any atom is -0.497 e.